The Labute approximate surface area is 124 Å². The molecule has 1 unspecified atom stereocenters. The molecule has 2 N–H and O–H groups in total. The SMILES string of the molecule is Cc1nn(C)c(C(=O)OCC2CCC3(CCCC3)O2)c1N. The van der Waals surface area contributed by atoms with E-state index in [0.29, 0.717) is 23.7 Å². The van der Waals surface area contributed by atoms with Gasteiger partial charge in [-0.1, -0.05) is 12.8 Å². The van der Waals surface area contributed by atoms with E-state index in [1.807, 2.05) is 0 Å². The van der Waals surface area contributed by atoms with Gasteiger partial charge in [0.05, 0.1) is 23.1 Å². The summed E-state index contributed by atoms with van der Waals surface area (Å²) in [7, 11) is 1.69. The van der Waals surface area contributed by atoms with Gasteiger partial charge in [-0.2, -0.15) is 5.10 Å². The van der Waals surface area contributed by atoms with Gasteiger partial charge in [-0.05, 0) is 32.6 Å². The predicted molar refractivity (Wildman–Crippen MR) is 77.9 cm³/mol. The topological polar surface area (TPSA) is 79.4 Å². The molecule has 0 bridgehead atoms. The van der Waals surface area contributed by atoms with E-state index < -0.39 is 5.97 Å². The van der Waals surface area contributed by atoms with Crippen molar-refractivity contribution in [2.45, 2.75) is 57.2 Å². The molecule has 2 heterocycles. The van der Waals surface area contributed by atoms with Crippen LogP contribution in [0.25, 0.3) is 0 Å². The molecule has 1 aliphatic heterocycles. The minimum Gasteiger partial charge on any atom is -0.458 e. The fourth-order valence-corrected chi connectivity index (χ4v) is 3.55. The van der Waals surface area contributed by atoms with Crippen LogP contribution < -0.4 is 5.73 Å². The van der Waals surface area contributed by atoms with Gasteiger partial charge in [0.25, 0.3) is 0 Å². The average Bonchev–Trinajstić information content (AvgIpc) is 3.12. The third kappa shape index (κ3) is 2.64. The van der Waals surface area contributed by atoms with Crippen molar-refractivity contribution in [3.63, 3.8) is 0 Å². The standard InChI is InChI=1S/C15H23N3O3/c1-10-12(16)13(18(2)17-10)14(19)20-9-11-5-8-15(21-11)6-3-4-7-15/h11H,3-9,16H2,1-2H3. The minimum atomic E-state index is -0.424. The second kappa shape index (κ2) is 5.33. The lowest BCUT2D eigenvalue weighted by Crippen LogP contribution is -2.27. The molecule has 6 heteroatoms. The van der Waals surface area contributed by atoms with Crippen LogP contribution in [0.15, 0.2) is 0 Å². The molecule has 1 atom stereocenters. The first kappa shape index (κ1) is 14.4. The molecule has 1 aliphatic carbocycles. The molecule has 1 aromatic heterocycles. The lowest BCUT2D eigenvalue weighted by Gasteiger charge is -2.23. The molecule has 0 radical (unpaired) electrons. The van der Waals surface area contributed by atoms with Gasteiger partial charge in [-0.15, -0.1) is 0 Å². The van der Waals surface area contributed by atoms with E-state index in [2.05, 4.69) is 5.10 Å². The largest absolute Gasteiger partial charge is 0.458 e. The van der Waals surface area contributed by atoms with Gasteiger partial charge in [-0.25, -0.2) is 4.79 Å². The minimum absolute atomic E-state index is 0.0163. The summed E-state index contributed by atoms with van der Waals surface area (Å²) in [6.45, 7) is 2.07. The van der Waals surface area contributed by atoms with E-state index in [4.69, 9.17) is 15.2 Å². The molecule has 0 amide bonds. The maximum absolute atomic E-state index is 12.2. The second-order valence-corrected chi connectivity index (χ2v) is 6.24. The zero-order chi connectivity index (χ0) is 15.0. The van der Waals surface area contributed by atoms with Crippen molar-refractivity contribution in [3.8, 4) is 0 Å². The Balaban J connectivity index is 1.57. The molecular formula is C15H23N3O3. The fraction of sp³-hybridized carbons (Fsp3) is 0.733. The monoisotopic (exact) mass is 293 g/mol. The highest BCUT2D eigenvalue weighted by Gasteiger charge is 2.42. The predicted octanol–water partition coefficient (Wildman–Crippen LogP) is 1.96. The summed E-state index contributed by atoms with van der Waals surface area (Å²) < 4.78 is 13.0. The quantitative estimate of drug-likeness (QED) is 0.862. The van der Waals surface area contributed by atoms with Crippen molar-refractivity contribution in [3.05, 3.63) is 11.4 Å². The van der Waals surface area contributed by atoms with Crippen LogP contribution in [0.1, 0.15) is 54.7 Å². The van der Waals surface area contributed by atoms with Gasteiger partial charge in [0.1, 0.15) is 6.61 Å². The van der Waals surface area contributed by atoms with Crippen molar-refractivity contribution in [2.24, 2.45) is 7.05 Å². The van der Waals surface area contributed by atoms with Gasteiger partial charge in [0, 0.05) is 7.05 Å². The third-order valence-corrected chi connectivity index (χ3v) is 4.72. The first-order chi connectivity index (χ1) is 10.0. The molecule has 3 rings (SSSR count). The van der Waals surface area contributed by atoms with Gasteiger partial charge in [0.15, 0.2) is 5.69 Å². The number of aryl methyl sites for hydroxylation is 2. The number of carbonyl (C=O) groups excluding carboxylic acids is 1. The molecule has 116 valence electrons. The Morgan fingerprint density at radius 2 is 2.19 bits per heavy atom. The first-order valence-electron chi connectivity index (χ1n) is 7.65. The van der Waals surface area contributed by atoms with Crippen LogP contribution in [0, 0.1) is 6.92 Å². The molecular weight excluding hydrogens is 270 g/mol. The highest BCUT2D eigenvalue weighted by molar-refractivity contribution is 5.93. The van der Waals surface area contributed by atoms with Gasteiger partial charge in [-0.3, -0.25) is 4.68 Å². The Morgan fingerprint density at radius 3 is 2.81 bits per heavy atom. The zero-order valence-corrected chi connectivity index (χ0v) is 12.7. The highest BCUT2D eigenvalue weighted by atomic mass is 16.6. The lowest BCUT2D eigenvalue weighted by molar-refractivity contribution is -0.0599. The Kier molecular flexibility index (Phi) is 3.65. The number of esters is 1. The zero-order valence-electron chi connectivity index (χ0n) is 12.7. The molecule has 1 aromatic rings. The van der Waals surface area contributed by atoms with E-state index in [-0.39, 0.29) is 11.7 Å². The van der Waals surface area contributed by atoms with Crippen LogP contribution in [-0.4, -0.2) is 34.1 Å². The van der Waals surface area contributed by atoms with Crippen LogP contribution in [0.4, 0.5) is 5.69 Å². The highest BCUT2D eigenvalue weighted by Crippen LogP contribution is 2.43. The molecule has 1 saturated heterocycles. The van der Waals surface area contributed by atoms with E-state index in [9.17, 15) is 4.79 Å². The summed E-state index contributed by atoms with van der Waals surface area (Å²) in [6, 6.07) is 0. The fourth-order valence-electron chi connectivity index (χ4n) is 3.55. The number of carbonyl (C=O) groups is 1. The molecule has 6 nitrogen and oxygen atoms in total. The van der Waals surface area contributed by atoms with Crippen molar-refractivity contribution < 1.29 is 14.3 Å². The molecule has 1 spiro atoms. The van der Waals surface area contributed by atoms with Crippen molar-refractivity contribution in [1.82, 2.24) is 9.78 Å². The molecule has 2 fully saturated rings. The number of nitrogen functional groups attached to an aromatic ring is 1. The number of nitrogens with two attached hydrogens (primary N) is 1. The molecule has 21 heavy (non-hydrogen) atoms. The van der Waals surface area contributed by atoms with Gasteiger partial charge in [0.2, 0.25) is 0 Å². The average molecular weight is 293 g/mol. The number of rotatable bonds is 3. The number of hydrogen-bond donors (Lipinski definition) is 1. The normalized spacial score (nSPS) is 23.8. The second-order valence-electron chi connectivity index (χ2n) is 6.24. The van der Waals surface area contributed by atoms with Crippen LogP contribution in [0.5, 0.6) is 0 Å². The van der Waals surface area contributed by atoms with Crippen LogP contribution in [0.2, 0.25) is 0 Å². The van der Waals surface area contributed by atoms with Crippen LogP contribution in [0.3, 0.4) is 0 Å². The maximum Gasteiger partial charge on any atom is 0.358 e. The number of ether oxygens (including phenoxy) is 2. The number of anilines is 1. The van der Waals surface area contributed by atoms with Crippen molar-refractivity contribution in [1.29, 1.82) is 0 Å². The molecule has 0 aromatic carbocycles. The van der Waals surface area contributed by atoms with Crippen molar-refractivity contribution >= 4 is 11.7 Å². The summed E-state index contributed by atoms with van der Waals surface area (Å²) >= 11 is 0. The first-order valence-corrected chi connectivity index (χ1v) is 7.65. The third-order valence-electron chi connectivity index (χ3n) is 4.72. The Morgan fingerprint density at radius 1 is 1.48 bits per heavy atom. The Hall–Kier alpha value is -1.56. The van der Waals surface area contributed by atoms with Gasteiger partial charge < -0.3 is 15.2 Å². The van der Waals surface area contributed by atoms with Crippen molar-refractivity contribution in [2.75, 3.05) is 12.3 Å². The maximum atomic E-state index is 12.2. The summed E-state index contributed by atoms with van der Waals surface area (Å²) in [6.07, 6.45) is 6.85. The number of nitrogens with zero attached hydrogens (tertiary/aromatic N) is 2. The van der Waals surface area contributed by atoms with E-state index >= 15 is 0 Å². The summed E-state index contributed by atoms with van der Waals surface area (Å²) in [4.78, 5) is 12.2. The smallest absolute Gasteiger partial charge is 0.358 e. The summed E-state index contributed by atoms with van der Waals surface area (Å²) in [5.74, 6) is -0.424. The summed E-state index contributed by atoms with van der Waals surface area (Å²) in [5.41, 5.74) is 7.29. The molecule has 2 aliphatic rings. The van der Waals surface area contributed by atoms with E-state index in [1.54, 1.807) is 14.0 Å². The van der Waals surface area contributed by atoms with E-state index in [1.165, 1.54) is 17.5 Å². The lowest BCUT2D eigenvalue weighted by atomic mass is 9.98. The number of aromatic nitrogens is 2. The number of hydrogen-bond acceptors (Lipinski definition) is 5. The van der Waals surface area contributed by atoms with Crippen LogP contribution in [-0.2, 0) is 16.5 Å². The Bertz CT molecular complexity index is 547. The molecule has 1 saturated carbocycles. The van der Waals surface area contributed by atoms with Gasteiger partial charge >= 0.3 is 5.97 Å². The van der Waals surface area contributed by atoms with E-state index in [0.717, 1.165) is 25.7 Å². The van der Waals surface area contributed by atoms with Crippen LogP contribution >= 0.6 is 0 Å². The summed E-state index contributed by atoms with van der Waals surface area (Å²) in [5, 5.41) is 4.13.